The molecule has 2 nitrogen and oxygen atoms in total. The van der Waals surface area contributed by atoms with E-state index < -0.39 is 6.10 Å². The normalized spacial score (nSPS) is 14.0. The van der Waals surface area contributed by atoms with Crippen LogP contribution in [0, 0.1) is 0 Å². The van der Waals surface area contributed by atoms with Crippen LogP contribution in [-0.4, -0.2) is 18.0 Å². The third-order valence-corrected chi connectivity index (χ3v) is 3.65. The molecule has 0 aliphatic rings. The Bertz CT molecular complexity index is 400. The Labute approximate surface area is 127 Å². The maximum atomic E-state index is 12.2. The largest absolute Gasteiger partial charge is 0.367 e. The van der Waals surface area contributed by atoms with Crippen molar-refractivity contribution in [3.8, 4) is 0 Å². The highest BCUT2D eigenvalue weighted by atomic mass is 35.5. The molecule has 20 heavy (non-hydrogen) atoms. The Kier molecular flexibility index (Phi) is 7.86. The lowest BCUT2D eigenvalue weighted by Crippen LogP contribution is -2.25. The van der Waals surface area contributed by atoms with Crippen LogP contribution in [0.4, 0.5) is 0 Å². The molecule has 0 aromatic heterocycles. The van der Waals surface area contributed by atoms with Crippen LogP contribution in [0.3, 0.4) is 0 Å². The predicted molar refractivity (Wildman–Crippen MR) is 84.6 cm³/mol. The van der Waals surface area contributed by atoms with Gasteiger partial charge in [-0.25, -0.2) is 0 Å². The van der Waals surface area contributed by atoms with Crippen LogP contribution in [0.2, 0.25) is 5.02 Å². The number of ether oxygens (including phenoxy) is 1. The Morgan fingerprint density at radius 2 is 1.80 bits per heavy atom. The second-order valence-corrected chi connectivity index (χ2v) is 5.75. The van der Waals surface area contributed by atoms with Gasteiger partial charge in [-0.3, -0.25) is 4.79 Å². The molecule has 0 amide bonds. The number of unbranched alkanes of at least 4 members (excludes halogenated alkanes) is 3. The van der Waals surface area contributed by atoms with Gasteiger partial charge in [0.1, 0.15) is 6.10 Å². The molecule has 0 N–H and O–H groups in total. The van der Waals surface area contributed by atoms with Crippen molar-refractivity contribution in [2.24, 2.45) is 0 Å². The lowest BCUT2D eigenvalue weighted by Gasteiger charge is -2.18. The van der Waals surface area contributed by atoms with Gasteiger partial charge in [0.15, 0.2) is 5.78 Å². The number of carbonyl (C=O) groups excluding carboxylic acids is 1. The number of benzene rings is 1. The zero-order valence-corrected chi connectivity index (χ0v) is 13.5. The summed E-state index contributed by atoms with van der Waals surface area (Å²) in [5, 5.41) is 0.638. The average molecular weight is 297 g/mol. The van der Waals surface area contributed by atoms with Crippen LogP contribution >= 0.6 is 11.6 Å². The standard InChI is InChI=1S/C17H25ClO2/c1-4-5-6-7-8-13(2)20-14(3)17(19)15-9-11-16(18)12-10-15/h9-14H,4-8H2,1-3H3. The lowest BCUT2D eigenvalue weighted by molar-refractivity contribution is 0.00834. The molecule has 0 bridgehead atoms. The van der Waals surface area contributed by atoms with E-state index >= 15 is 0 Å². The van der Waals surface area contributed by atoms with E-state index in [1.54, 1.807) is 24.3 Å². The number of hydrogen-bond acceptors (Lipinski definition) is 2. The molecular formula is C17H25ClO2. The molecular weight excluding hydrogens is 272 g/mol. The van der Waals surface area contributed by atoms with E-state index in [-0.39, 0.29) is 11.9 Å². The Morgan fingerprint density at radius 3 is 2.40 bits per heavy atom. The summed E-state index contributed by atoms with van der Waals surface area (Å²) in [7, 11) is 0. The van der Waals surface area contributed by atoms with E-state index in [1.807, 2.05) is 13.8 Å². The van der Waals surface area contributed by atoms with Crippen molar-refractivity contribution in [2.45, 2.75) is 65.1 Å². The molecule has 0 heterocycles. The Morgan fingerprint density at radius 1 is 1.15 bits per heavy atom. The van der Waals surface area contributed by atoms with Crippen LogP contribution in [0.1, 0.15) is 63.2 Å². The first kappa shape index (κ1) is 17.2. The summed E-state index contributed by atoms with van der Waals surface area (Å²) < 4.78 is 5.79. The van der Waals surface area contributed by atoms with Gasteiger partial charge < -0.3 is 4.74 Å². The minimum absolute atomic E-state index is 0.0158. The van der Waals surface area contributed by atoms with Crippen molar-refractivity contribution in [3.63, 3.8) is 0 Å². The van der Waals surface area contributed by atoms with Gasteiger partial charge in [-0.2, -0.15) is 0 Å². The highest BCUT2D eigenvalue weighted by Gasteiger charge is 2.18. The smallest absolute Gasteiger partial charge is 0.191 e. The number of ketones is 1. The summed E-state index contributed by atoms with van der Waals surface area (Å²) in [6.45, 7) is 6.06. The second-order valence-electron chi connectivity index (χ2n) is 5.31. The molecule has 0 aliphatic carbocycles. The first-order chi connectivity index (χ1) is 9.54. The van der Waals surface area contributed by atoms with Crippen LogP contribution in [0.5, 0.6) is 0 Å². The lowest BCUT2D eigenvalue weighted by atomic mass is 10.1. The SMILES string of the molecule is CCCCCCC(C)OC(C)C(=O)c1ccc(Cl)cc1. The maximum Gasteiger partial charge on any atom is 0.191 e. The quantitative estimate of drug-likeness (QED) is 0.457. The molecule has 1 aromatic carbocycles. The van der Waals surface area contributed by atoms with E-state index in [9.17, 15) is 4.79 Å². The van der Waals surface area contributed by atoms with Crippen molar-refractivity contribution in [2.75, 3.05) is 0 Å². The van der Waals surface area contributed by atoms with Gasteiger partial charge in [-0.1, -0.05) is 44.2 Å². The number of hydrogen-bond donors (Lipinski definition) is 0. The summed E-state index contributed by atoms with van der Waals surface area (Å²) in [4.78, 5) is 12.2. The molecule has 0 fully saturated rings. The number of rotatable bonds is 9. The third-order valence-electron chi connectivity index (χ3n) is 3.40. The fraction of sp³-hybridized carbons (Fsp3) is 0.588. The van der Waals surface area contributed by atoms with Gasteiger partial charge in [-0.15, -0.1) is 0 Å². The van der Waals surface area contributed by atoms with E-state index in [0.29, 0.717) is 10.6 Å². The van der Waals surface area contributed by atoms with Crippen molar-refractivity contribution in [1.82, 2.24) is 0 Å². The van der Waals surface area contributed by atoms with Gasteiger partial charge in [0.05, 0.1) is 6.10 Å². The molecule has 0 saturated heterocycles. The van der Waals surface area contributed by atoms with Gasteiger partial charge in [0, 0.05) is 10.6 Å². The van der Waals surface area contributed by atoms with E-state index in [0.717, 1.165) is 12.8 Å². The second kappa shape index (κ2) is 9.15. The average Bonchev–Trinajstić information content (AvgIpc) is 2.43. The van der Waals surface area contributed by atoms with E-state index in [2.05, 4.69) is 6.92 Å². The topological polar surface area (TPSA) is 26.3 Å². The van der Waals surface area contributed by atoms with Gasteiger partial charge in [0.2, 0.25) is 0 Å². The molecule has 3 heteroatoms. The molecule has 1 rings (SSSR count). The first-order valence-corrected chi connectivity index (χ1v) is 7.87. The molecule has 1 aromatic rings. The summed E-state index contributed by atoms with van der Waals surface area (Å²) in [5.74, 6) is 0.0158. The van der Waals surface area contributed by atoms with Crippen LogP contribution < -0.4 is 0 Å². The molecule has 0 radical (unpaired) electrons. The summed E-state index contributed by atoms with van der Waals surface area (Å²) in [6, 6.07) is 6.96. The molecule has 112 valence electrons. The summed E-state index contributed by atoms with van der Waals surface area (Å²) in [5.41, 5.74) is 0.653. The van der Waals surface area contributed by atoms with Gasteiger partial charge in [0.25, 0.3) is 0 Å². The number of halogens is 1. The zero-order valence-electron chi connectivity index (χ0n) is 12.7. The zero-order chi connectivity index (χ0) is 15.0. The number of carbonyl (C=O) groups is 1. The molecule has 2 unspecified atom stereocenters. The van der Waals surface area contributed by atoms with E-state index in [1.165, 1.54) is 19.3 Å². The Balaban J connectivity index is 2.39. The first-order valence-electron chi connectivity index (χ1n) is 7.49. The van der Waals surface area contributed by atoms with Crippen LogP contribution in [-0.2, 0) is 4.74 Å². The highest BCUT2D eigenvalue weighted by molar-refractivity contribution is 6.30. The third kappa shape index (κ3) is 6.06. The minimum atomic E-state index is -0.405. The molecule has 0 spiro atoms. The summed E-state index contributed by atoms with van der Waals surface area (Å²) >= 11 is 5.82. The summed E-state index contributed by atoms with van der Waals surface area (Å²) in [6.07, 6.45) is 5.64. The van der Waals surface area contributed by atoms with E-state index in [4.69, 9.17) is 16.3 Å². The highest BCUT2D eigenvalue weighted by Crippen LogP contribution is 2.15. The van der Waals surface area contributed by atoms with Crippen molar-refractivity contribution in [1.29, 1.82) is 0 Å². The van der Waals surface area contributed by atoms with Crippen molar-refractivity contribution in [3.05, 3.63) is 34.9 Å². The predicted octanol–water partition coefficient (Wildman–Crippen LogP) is 5.29. The van der Waals surface area contributed by atoms with Crippen LogP contribution in [0.25, 0.3) is 0 Å². The fourth-order valence-corrected chi connectivity index (χ4v) is 2.31. The Hall–Kier alpha value is -0.860. The van der Waals surface area contributed by atoms with Crippen LogP contribution in [0.15, 0.2) is 24.3 Å². The minimum Gasteiger partial charge on any atom is -0.367 e. The number of Topliss-reactive ketones (excluding diaryl/α,β-unsaturated/α-hetero) is 1. The molecule has 0 aliphatic heterocycles. The van der Waals surface area contributed by atoms with Crippen molar-refractivity contribution < 1.29 is 9.53 Å². The monoisotopic (exact) mass is 296 g/mol. The van der Waals surface area contributed by atoms with Crippen molar-refractivity contribution >= 4 is 17.4 Å². The molecule has 0 saturated carbocycles. The molecule has 2 atom stereocenters. The maximum absolute atomic E-state index is 12.2. The fourth-order valence-electron chi connectivity index (χ4n) is 2.19. The van der Waals surface area contributed by atoms with Gasteiger partial charge in [-0.05, 0) is 44.5 Å². The van der Waals surface area contributed by atoms with Gasteiger partial charge >= 0.3 is 0 Å².